The van der Waals surface area contributed by atoms with Crippen molar-refractivity contribution in [2.45, 2.75) is 19.4 Å². The summed E-state index contributed by atoms with van der Waals surface area (Å²) in [5, 5.41) is 10.8. The van der Waals surface area contributed by atoms with Gasteiger partial charge in [-0.1, -0.05) is 24.3 Å². The SMILES string of the molecule is c1cc(C2OCCO2)ccc1CNCc1cn[nH]c1-c1ccc2c(c1)OCCO2. The number of rotatable bonds is 6. The van der Waals surface area contributed by atoms with Crippen LogP contribution in [0.4, 0.5) is 0 Å². The Kier molecular flexibility index (Phi) is 5.17. The van der Waals surface area contributed by atoms with Crippen molar-refractivity contribution < 1.29 is 18.9 Å². The molecule has 0 amide bonds. The lowest BCUT2D eigenvalue weighted by atomic mass is 10.1. The van der Waals surface area contributed by atoms with Crippen molar-refractivity contribution >= 4 is 0 Å². The number of H-pyrrole nitrogens is 1. The molecule has 2 aliphatic rings. The van der Waals surface area contributed by atoms with Crippen molar-refractivity contribution in [3.8, 4) is 22.8 Å². The molecule has 150 valence electrons. The van der Waals surface area contributed by atoms with Crippen LogP contribution in [0.1, 0.15) is 23.0 Å². The van der Waals surface area contributed by atoms with E-state index in [9.17, 15) is 0 Å². The highest BCUT2D eigenvalue weighted by molar-refractivity contribution is 5.66. The monoisotopic (exact) mass is 393 g/mol. The average Bonchev–Trinajstić information content (AvgIpc) is 3.46. The molecule has 7 nitrogen and oxygen atoms in total. The first-order chi connectivity index (χ1) is 14.4. The van der Waals surface area contributed by atoms with Gasteiger partial charge < -0.3 is 24.3 Å². The molecule has 1 fully saturated rings. The van der Waals surface area contributed by atoms with Crippen LogP contribution in [0.3, 0.4) is 0 Å². The summed E-state index contributed by atoms with van der Waals surface area (Å²) >= 11 is 0. The zero-order chi connectivity index (χ0) is 19.5. The summed E-state index contributed by atoms with van der Waals surface area (Å²) in [5.74, 6) is 1.56. The van der Waals surface area contributed by atoms with Crippen molar-refractivity contribution in [2.24, 2.45) is 0 Å². The number of nitrogens with zero attached hydrogens (tertiary/aromatic N) is 1. The highest BCUT2D eigenvalue weighted by Gasteiger charge is 2.18. The Morgan fingerprint density at radius 2 is 1.69 bits per heavy atom. The summed E-state index contributed by atoms with van der Waals surface area (Å²) < 4.78 is 22.4. The summed E-state index contributed by atoms with van der Waals surface area (Å²) in [6, 6.07) is 14.3. The number of hydrogen-bond acceptors (Lipinski definition) is 6. The minimum Gasteiger partial charge on any atom is -0.486 e. The van der Waals surface area contributed by atoms with Crippen LogP contribution in [-0.2, 0) is 22.6 Å². The first-order valence-corrected chi connectivity index (χ1v) is 9.82. The van der Waals surface area contributed by atoms with Gasteiger partial charge >= 0.3 is 0 Å². The average molecular weight is 393 g/mol. The van der Waals surface area contributed by atoms with Crippen LogP contribution >= 0.6 is 0 Å². The maximum Gasteiger partial charge on any atom is 0.184 e. The molecular formula is C22H23N3O4. The van der Waals surface area contributed by atoms with Crippen molar-refractivity contribution in [3.63, 3.8) is 0 Å². The van der Waals surface area contributed by atoms with Crippen LogP contribution in [0.25, 0.3) is 11.3 Å². The summed E-state index contributed by atoms with van der Waals surface area (Å²) in [7, 11) is 0. The standard InChI is InChI=1S/C22H23N3O4/c1-3-16(22-28-9-10-29-22)4-2-15(1)12-23-13-18-14-24-25-21(18)17-5-6-19-20(11-17)27-8-7-26-19/h1-6,11,14,22-23H,7-10,12-13H2,(H,24,25). The Balaban J connectivity index is 1.22. The first-order valence-electron chi connectivity index (χ1n) is 9.82. The quantitative estimate of drug-likeness (QED) is 0.670. The molecule has 5 rings (SSSR count). The third-order valence-electron chi connectivity index (χ3n) is 5.07. The lowest BCUT2D eigenvalue weighted by Gasteiger charge is -2.18. The number of benzene rings is 2. The first kappa shape index (κ1) is 18.2. The molecule has 0 bridgehead atoms. The molecule has 7 heteroatoms. The van der Waals surface area contributed by atoms with E-state index in [0.29, 0.717) is 33.0 Å². The Morgan fingerprint density at radius 3 is 2.52 bits per heavy atom. The van der Waals surface area contributed by atoms with Gasteiger partial charge in [-0.25, -0.2) is 0 Å². The third kappa shape index (κ3) is 3.98. The van der Waals surface area contributed by atoms with E-state index in [1.54, 1.807) is 0 Å². The van der Waals surface area contributed by atoms with Crippen LogP contribution in [0.15, 0.2) is 48.7 Å². The lowest BCUT2D eigenvalue weighted by molar-refractivity contribution is -0.0441. The van der Waals surface area contributed by atoms with E-state index in [-0.39, 0.29) is 6.29 Å². The number of fused-ring (bicyclic) bond motifs is 1. The number of ether oxygens (including phenoxy) is 4. The molecule has 1 saturated heterocycles. The van der Waals surface area contributed by atoms with Gasteiger partial charge in [-0.3, -0.25) is 5.10 Å². The highest BCUT2D eigenvalue weighted by atomic mass is 16.7. The molecular weight excluding hydrogens is 370 g/mol. The smallest absolute Gasteiger partial charge is 0.184 e. The predicted molar refractivity (Wildman–Crippen MR) is 107 cm³/mol. The minimum atomic E-state index is -0.225. The second-order valence-corrected chi connectivity index (χ2v) is 7.05. The summed E-state index contributed by atoms with van der Waals surface area (Å²) in [6.45, 7) is 3.95. The van der Waals surface area contributed by atoms with Crippen LogP contribution in [0, 0.1) is 0 Å². The topological polar surface area (TPSA) is 77.6 Å². The Hall–Kier alpha value is -2.87. The molecule has 0 unspecified atom stereocenters. The van der Waals surface area contributed by atoms with Gasteiger partial charge in [0.2, 0.25) is 0 Å². The fraction of sp³-hybridized carbons (Fsp3) is 0.318. The van der Waals surface area contributed by atoms with Crippen LogP contribution < -0.4 is 14.8 Å². The van der Waals surface area contributed by atoms with E-state index in [4.69, 9.17) is 18.9 Å². The van der Waals surface area contributed by atoms with Crippen LogP contribution in [0.5, 0.6) is 11.5 Å². The Labute approximate surface area is 168 Å². The van der Waals surface area contributed by atoms with E-state index in [1.807, 2.05) is 24.4 Å². The van der Waals surface area contributed by atoms with E-state index in [0.717, 1.165) is 40.4 Å². The van der Waals surface area contributed by atoms with Gasteiger partial charge in [0.1, 0.15) is 13.2 Å². The maximum absolute atomic E-state index is 5.69. The molecule has 3 aromatic rings. The molecule has 2 aliphatic heterocycles. The van der Waals surface area contributed by atoms with Gasteiger partial charge in [0, 0.05) is 29.8 Å². The van der Waals surface area contributed by atoms with E-state index >= 15 is 0 Å². The van der Waals surface area contributed by atoms with Crippen molar-refractivity contribution in [1.82, 2.24) is 15.5 Å². The second-order valence-electron chi connectivity index (χ2n) is 7.05. The molecule has 0 radical (unpaired) electrons. The highest BCUT2D eigenvalue weighted by Crippen LogP contribution is 2.34. The molecule has 0 saturated carbocycles. The predicted octanol–water partition coefficient (Wildman–Crippen LogP) is 3.18. The molecule has 29 heavy (non-hydrogen) atoms. The van der Waals surface area contributed by atoms with Gasteiger partial charge in [0.25, 0.3) is 0 Å². The number of nitrogens with one attached hydrogen (secondary N) is 2. The van der Waals surface area contributed by atoms with Crippen molar-refractivity contribution in [1.29, 1.82) is 0 Å². The summed E-state index contributed by atoms with van der Waals surface area (Å²) in [6.07, 6.45) is 1.63. The fourth-order valence-corrected chi connectivity index (χ4v) is 3.58. The number of hydrogen-bond donors (Lipinski definition) is 2. The van der Waals surface area contributed by atoms with Gasteiger partial charge in [-0.2, -0.15) is 5.10 Å². The van der Waals surface area contributed by atoms with Crippen LogP contribution in [-0.4, -0.2) is 36.6 Å². The number of aromatic nitrogens is 2. The van der Waals surface area contributed by atoms with E-state index < -0.39 is 0 Å². The molecule has 2 N–H and O–H groups in total. The lowest BCUT2D eigenvalue weighted by Crippen LogP contribution is -2.15. The molecule has 1 aromatic heterocycles. The van der Waals surface area contributed by atoms with Gasteiger partial charge in [-0.05, 0) is 23.8 Å². The van der Waals surface area contributed by atoms with E-state index in [2.05, 4.69) is 39.8 Å². The minimum absolute atomic E-state index is 0.225. The van der Waals surface area contributed by atoms with Gasteiger partial charge in [-0.15, -0.1) is 0 Å². The van der Waals surface area contributed by atoms with E-state index in [1.165, 1.54) is 5.56 Å². The third-order valence-corrected chi connectivity index (χ3v) is 5.07. The molecule has 0 aliphatic carbocycles. The van der Waals surface area contributed by atoms with Crippen LogP contribution in [0.2, 0.25) is 0 Å². The Morgan fingerprint density at radius 1 is 0.897 bits per heavy atom. The fourth-order valence-electron chi connectivity index (χ4n) is 3.58. The normalized spacial score (nSPS) is 16.3. The van der Waals surface area contributed by atoms with Crippen molar-refractivity contribution in [2.75, 3.05) is 26.4 Å². The molecule has 0 spiro atoms. The zero-order valence-electron chi connectivity index (χ0n) is 16.0. The molecule has 3 heterocycles. The largest absolute Gasteiger partial charge is 0.486 e. The van der Waals surface area contributed by atoms with Gasteiger partial charge in [0.05, 0.1) is 25.1 Å². The summed E-state index contributed by atoms with van der Waals surface area (Å²) in [4.78, 5) is 0. The zero-order valence-corrected chi connectivity index (χ0v) is 16.0. The van der Waals surface area contributed by atoms with Crippen molar-refractivity contribution in [3.05, 3.63) is 65.4 Å². The number of aromatic amines is 1. The maximum atomic E-state index is 5.69. The summed E-state index contributed by atoms with van der Waals surface area (Å²) in [5.41, 5.74) is 5.38. The molecule has 2 aromatic carbocycles. The Bertz CT molecular complexity index is 964. The van der Waals surface area contributed by atoms with Gasteiger partial charge in [0.15, 0.2) is 17.8 Å². The molecule has 0 atom stereocenters. The second kappa shape index (κ2) is 8.24.